The van der Waals surface area contributed by atoms with E-state index < -0.39 is 97.5 Å². The van der Waals surface area contributed by atoms with Crippen LogP contribution < -0.4 is 0 Å². The fraction of sp³-hybridized carbons (Fsp3) is 0.944. The standard InChI is InChI=1S/C71H138O17P2/c1-6-10-13-16-19-22-25-28-30-33-35-38-44-49-54-68(73)81-60-66(87-71(76)57-52-47-40-37-34-31-29-26-23-20-17-14-11-7-2)62-85-89(77,78)83-58-65(72)59-84-90(79,80)86-63-67(61-82-69(74)55-50-45-42-41-43-48-53-64(5)9-4)88-70(75)56-51-46-39-36-32-27-24-21-18-15-12-8-3/h64-67,72H,6-63H2,1-5H3,(H,77,78)(H,79,80)/t64?,65-,66-,67-/m1/s1. The molecule has 0 aromatic heterocycles. The van der Waals surface area contributed by atoms with Gasteiger partial charge in [0.15, 0.2) is 12.2 Å². The number of ether oxygens (including phenoxy) is 4. The number of hydrogen-bond acceptors (Lipinski definition) is 15. The van der Waals surface area contributed by atoms with Crippen LogP contribution in [0.15, 0.2) is 0 Å². The van der Waals surface area contributed by atoms with Crippen molar-refractivity contribution in [1.82, 2.24) is 0 Å². The van der Waals surface area contributed by atoms with E-state index in [2.05, 4.69) is 34.6 Å². The van der Waals surface area contributed by atoms with E-state index in [9.17, 15) is 43.2 Å². The number of aliphatic hydroxyl groups excluding tert-OH is 1. The summed E-state index contributed by atoms with van der Waals surface area (Å²) in [5, 5.41) is 10.6. The van der Waals surface area contributed by atoms with E-state index in [1.165, 1.54) is 186 Å². The molecule has 0 fully saturated rings. The Bertz CT molecular complexity index is 1740. The van der Waals surface area contributed by atoms with Gasteiger partial charge in [-0.1, -0.05) is 317 Å². The maximum Gasteiger partial charge on any atom is 0.472 e. The summed E-state index contributed by atoms with van der Waals surface area (Å²) in [4.78, 5) is 72.6. The van der Waals surface area contributed by atoms with Gasteiger partial charge in [-0.25, -0.2) is 9.13 Å². The van der Waals surface area contributed by atoms with E-state index in [1.807, 2.05) is 0 Å². The fourth-order valence-corrected chi connectivity index (χ4v) is 12.4. The monoisotopic (exact) mass is 1320 g/mol. The average Bonchev–Trinajstić information content (AvgIpc) is 3.60. The lowest BCUT2D eigenvalue weighted by Crippen LogP contribution is -2.30. The summed E-state index contributed by atoms with van der Waals surface area (Å²) in [5.41, 5.74) is 0. The van der Waals surface area contributed by atoms with Crippen molar-refractivity contribution in [1.29, 1.82) is 0 Å². The van der Waals surface area contributed by atoms with Crippen LogP contribution in [0.5, 0.6) is 0 Å². The van der Waals surface area contributed by atoms with Crippen molar-refractivity contribution in [2.75, 3.05) is 39.6 Å². The zero-order chi connectivity index (χ0) is 66.3. The maximum atomic E-state index is 13.0. The highest BCUT2D eigenvalue weighted by Crippen LogP contribution is 2.45. The van der Waals surface area contributed by atoms with E-state index in [1.54, 1.807) is 0 Å². The van der Waals surface area contributed by atoms with E-state index in [4.69, 9.17) is 37.0 Å². The maximum absolute atomic E-state index is 13.0. The first-order valence-corrected chi connectivity index (χ1v) is 40.2. The Morgan fingerprint density at radius 1 is 0.311 bits per heavy atom. The number of hydrogen-bond donors (Lipinski definition) is 3. The van der Waals surface area contributed by atoms with E-state index >= 15 is 0 Å². The number of aliphatic hydroxyl groups is 1. The molecule has 0 rings (SSSR count). The second-order valence-corrected chi connectivity index (χ2v) is 28.8. The Kier molecular flexibility index (Phi) is 63.0. The van der Waals surface area contributed by atoms with Gasteiger partial charge in [-0.3, -0.25) is 37.3 Å². The van der Waals surface area contributed by atoms with Gasteiger partial charge in [0.2, 0.25) is 0 Å². The Hall–Kier alpha value is -1.94. The number of carbonyl (C=O) groups excluding carboxylic acids is 4. The predicted octanol–water partition coefficient (Wildman–Crippen LogP) is 20.5. The topological polar surface area (TPSA) is 237 Å². The molecule has 0 radical (unpaired) electrons. The SMILES string of the molecule is CCCCCCCCCCCCCCCCC(=O)OC[C@H](COP(=O)(O)OC[C@@H](O)COP(=O)(O)OC[C@@H](COC(=O)CCCCCCCCC(C)CC)OC(=O)CCCCCCCCCCCCCC)OC(=O)CCCCCCCCCCCCCCCC. The first-order chi connectivity index (χ1) is 43.6. The summed E-state index contributed by atoms with van der Waals surface area (Å²) in [6.45, 7) is 7.22. The van der Waals surface area contributed by atoms with Gasteiger partial charge in [0.25, 0.3) is 0 Å². The molecule has 0 aromatic carbocycles. The minimum Gasteiger partial charge on any atom is -0.462 e. The molecule has 90 heavy (non-hydrogen) atoms. The summed E-state index contributed by atoms with van der Waals surface area (Å²) in [5.74, 6) is -1.39. The zero-order valence-electron chi connectivity index (χ0n) is 58.3. The van der Waals surface area contributed by atoms with Crippen LogP contribution in [0.25, 0.3) is 0 Å². The molecule has 6 atom stereocenters. The molecule has 0 aliphatic rings. The molecule has 0 heterocycles. The molecule has 534 valence electrons. The fourth-order valence-electron chi connectivity index (χ4n) is 10.8. The summed E-state index contributed by atoms with van der Waals surface area (Å²) in [6.07, 6.45) is 51.2. The average molecular weight is 1330 g/mol. The Balaban J connectivity index is 5.25. The molecule has 3 unspecified atom stereocenters. The highest BCUT2D eigenvalue weighted by Gasteiger charge is 2.30. The van der Waals surface area contributed by atoms with Crippen LogP contribution in [0.4, 0.5) is 0 Å². The molecular weight excluding hydrogens is 1190 g/mol. The third-order valence-corrected chi connectivity index (χ3v) is 18.8. The smallest absolute Gasteiger partial charge is 0.462 e. The van der Waals surface area contributed by atoms with Crippen molar-refractivity contribution in [3.05, 3.63) is 0 Å². The third kappa shape index (κ3) is 63.5. The minimum absolute atomic E-state index is 0.107. The number of rotatable bonds is 71. The Labute approximate surface area is 549 Å². The number of unbranched alkanes of at least 4 members (excludes halogenated alkanes) is 42. The van der Waals surface area contributed by atoms with E-state index in [0.29, 0.717) is 25.7 Å². The van der Waals surface area contributed by atoms with Gasteiger partial charge in [-0.05, 0) is 31.6 Å². The molecular formula is C71H138O17P2. The van der Waals surface area contributed by atoms with Gasteiger partial charge in [0.05, 0.1) is 26.4 Å². The molecule has 0 amide bonds. The van der Waals surface area contributed by atoms with Crippen LogP contribution in [0.2, 0.25) is 0 Å². The summed E-state index contributed by atoms with van der Waals surface area (Å²) in [7, 11) is -9.90. The van der Waals surface area contributed by atoms with Gasteiger partial charge >= 0.3 is 39.5 Å². The van der Waals surface area contributed by atoms with Crippen molar-refractivity contribution in [2.24, 2.45) is 5.92 Å². The normalized spacial score (nSPS) is 14.4. The quantitative estimate of drug-likeness (QED) is 0.0222. The third-order valence-electron chi connectivity index (χ3n) is 16.9. The zero-order valence-corrected chi connectivity index (χ0v) is 60.1. The van der Waals surface area contributed by atoms with Crippen molar-refractivity contribution >= 4 is 39.5 Å². The molecule has 0 aliphatic carbocycles. The van der Waals surface area contributed by atoms with Crippen LogP contribution in [0.1, 0.15) is 369 Å². The molecule has 19 heteroatoms. The molecule has 0 spiro atoms. The van der Waals surface area contributed by atoms with Gasteiger partial charge in [0, 0.05) is 25.7 Å². The number of phosphoric acid groups is 2. The highest BCUT2D eigenvalue weighted by molar-refractivity contribution is 7.47. The van der Waals surface area contributed by atoms with Gasteiger partial charge < -0.3 is 33.8 Å². The predicted molar refractivity (Wildman–Crippen MR) is 363 cm³/mol. The number of carbonyl (C=O) groups is 4. The Morgan fingerprint density at radius 2 is 0.533 bits per heavy atom. The van der Waals surface area contributed by atoms with Crippen molar-refractivity contribution < 1.29 is 80.2 Å². The first kappa shape index (κ1) is 88.1. The molecule has 17 nitrogen and oxygen atoms in total. The second kappa shape index (κ2) is 64.4. The molecule has 0 bridgehead atoms. The van der Waals surface area contributed by atoms with Crippen LogP contribution in [0.3, 0.4) is 0 Å². The summed E-state index contributed by atoms with van der Waals surface area (Å²) >= 11 is 0. The number of phosphoric ester groups is 2. The lowest BCUT2D eigenvalue weighted by Gasteiger charge is -2.21. The molecule has 0 saturated heterocycles. The molecule has 0 aromatic rings. The van der Waals surface area contributed by atoms with Crippen LogP contribution in [-0.2, 0) is 65.4 Å². The number of esters is 4. The van der Waals surface area contributed by atoms with Gasteiger partial charge in [-0.2, -0.15) is 0 Å². The van der Waals surface area contributed by atoms with Crippen LogP contribution in [0, 0.1) is 5.92 Å². The van der Waals surface area contributed by atoms with Crippen molar-refractivity contribution in [3.63, 3.8) is 0 Å². The van der Waals surface area contributed by atoms with Crippen molar-refractivity contribution in [3.8, 4) is 0 Å². The molecule has 0 saturated carbocycles. The Morgan fingerprint density at radius 3 is 0.789 bits per heavy atom. The van der Waals surface area contributed by atoms with Crippen molar-refractivity contribution in [2.45, 2.75) is 387 Å². The second-order valence-electron chi connectivity index (χ2n) is 25.9. The molecule has 3 N–H and O–H groups in total. The largest absolute Gasteiger partial charge is 0.472 e. The van der Waals surface area contributed by atoms with Gasteiger partial charge in [0.1, 0.15) is 19.3 Å². The van der Waals surface area contributed by atoms with Gasteiger partial charge in [-0.15, -0.1) is 0 Å². The summed E-state index contributed by atoms with van der Waals surface area (Å²) < 4.78 is 68.3. The highest BCUT2D eigenvalue weighted by atomic mass is 31.2. The molecule has 0 aliphatic heterocycles. The van der Waals surface area contributed by atoms with E-state index in [-0.39, 0.29) is 25.7 Å². The lowest BCUT2D eigenvalue weighted by molar-refractivity contribution is -0.161. The summed E-state index contributed by atoms with van der Waals surface area (Å²) in [6, 6.07) is 0. The lowest BCUT2D eigenvalue weighted by atomic mass is 10.00. The van der Waals surface area contributed by atoms with Crippen LogP contribution >= 0.6 is 15.6 Å². The minimum atomic E-state index is -4.95. The first-order valence-electron chi connectivity index (χ1n) is 37.2. The van der Waals surface area contributed by atoms with E-state index in [0.717, 1.165) is 102 Å². The van der Waals surface area contributed by atoms with Crippen LogP contribution in [-0.4, -0.2) is 96.7 Å².